The molecule has 1 saturated heterocycles. The van der Waals surface area contributed by atoms with E-state index in [1.54, 1.807) is 28.6 Å². The summed E-state index contributed by atoms with van der Waals surface area (Å²) in [6, 6.07) is 7.10. The Kier molecular flexibility index (Phi) is 5.01. The van der Waals surface area contributed by atoms with Crippen molar-refractivity contribution in [2.75, 3.05) is 33.7 Å². The Morgan fingerprint density at radius 2 is 2.10 bits per heavy atom. The van der Waals surface area contributed by atoms with Crippen molar-refractivity contribution in [3.63, 3.8) is 0 Å². The second-order valence-corrected chi connectivity index (χ2v) is 7.18. The monoisotopic (exact) mass is 307 g/mol. The quantitative estimate of drug-likeness (QED) is 0.817. The number of nitrogens with two attached hydrogens (primary N) is 1. The van der Waals surface area contributed by atoms with Gasteiger partial charge < -0.3 is 10.6 Å². The number of likely N-dealkylation sites (N-methyl/N-ethyl adjacent to an activating group) is 1. The Balaban J connectivity index is 2.33. The lowest BCUT2D eigenvalue weighted by atomic mass is 10.2. The maximum Gasteiger partial charge on any atom is 0.244 e. The molecule has 2 N–H and O–H groups in total. The minimum Gasteiger partial charge on any atom is -0.320 e. The Hall–Kier alpha value is -1.39. The van der Waals surface area contributed by atoms with Gasteiger partial charge >= 0.3 is 0 Å². The fourth-order valence-electron chi connectivity index (χ4n) is 2.43. The highest BCUT2D eigenvalue weighted by molar-refractivity contribution is 7.89. The molecule has 0 radical (unpaired) electrons. The first-order valence-corrected chi connectivity index (χ1v) is 8.35. The molecule has 1 aliphatic heterocycles. The largest absolute Gasteiger partial charge is 0.320 e. The maximum absolute atomic E-state index is 12.8. The van der Waals surface area contributed by atoms with E-state index in [2.05, 4.69) is 16.7 Å². The zero-order chi connectivity index (χ0) is 15.5. The van der Waals surface area contributed by atoms with Gasteiger partial charge in [0, 0.05) is 24.7 Å². The van der Waals surface area contributed by atoms with Crippen molar-refractivity contribution in [1.29, 1.82) is 0 Å². The summed E-state index contributed by atoms with van der Waals surface area (Å²) in [6.45, 7) is 1.28. The normalized spacial score (nSPS) is 19.5. The number of hydrogen-bond acceptors (Lipinski definition) is 4. The number of hydrogen-bond donors (Lipinski definition) is 1. The van der Waals surface area contributed by atoms with Gasteiger partial charge in [0.2, 0.25) is 10.0 Å². The van der Waals surface area contributed by atoms with E-state index in [4.69, 9.17) is 5.73 Å². The highest BCUT2D eigenvalue weighted by Crippen LogP contribution is 2.24. The second kappa shape index (κ2) is 6.58. The van der Waals surface area contributed by atoms with Crippen molar-refractivity contribution in [2.24, 2.45) is 5.73 Å². The van der Waals surface area contributed by atoms with Crippen LogP contribution in [0.2, 0.25) is 0 Å². The molecule has 114 valence electrons. The smallest absolute Gasteiger partial charge is 0.244 e. The van der Waals surface area contributed by atoms with Gasteiger partial charge in [-0.25, -0.2) is 8.42 Å². The molecule has 1 atom stereocenters. The fraction of sp³-hybridized carbons (Fsp3) is 0.467. The molecule has 5 nitrogen and oxygen atoms in total. The minimum absolute atomic E-state index is 0.209. The van der Waals surface area contributed by atoms with Crippen LogP contribution in [-0.2, 0) is 10.0 Å². The van der Waals surface area contributed by atoms with Crippen LogP contribution in [0.15, 0.2) is 29.2 Å². The van der Waals surface area contributed by atoms with Crippen LogP contribution in [0.3, 0.4) is 0 Å². The highest BCUT2D eigenvalue weighted by Gasteiger charge is 2.34. The molecule has 1 heterocycles. The molecule has 1 unspecified atom stereocenters. The van der Waals surface area contributed by atoms with E-state index in [9.17, 15) is 8.42 Å². The molecule has 0 bridgehead atoms. The number of rotatable bonds is 3. The molecule has 1 aliphatic rings. The third-order valence-corrected chi connectivity index (χ3v) is 5.61. The topological polar surface area (TPSA) is 66.6 Å². The predicted molar refractivity (Wildman–Crippen MR) is 83.2 cm³/mol. The molecule has 1 aromatic carbocycles. The summed E-state index contributed by atoms with van der Waals surface area (Å²) >= 11 is 0. The molecule has 0 aromatic heterocycles. The Bertz CT molecular complexity index is 659. The molecule has 1 aromatic rings. The first-order valence-electron chi connectivity index (χ1n) is 6.91. The zero-order valence-corrected chi connectivity index (χ0v) is 13.2. The molecule has 2 rings (SSSR count). The SMILES string of the molecule is CN(C)C1CCN(S(=O)(=O)c2ccccc2C#CCN)C1. The van der Waals surface area contributed by atoms with Gasteiger partial charge in [-0.1, -0.05) is 24.0 Å². The predicted octanol–water partition coefficient (Wildman–Crippen LogP) is 0.321. The first kappa shape index (κ1) is 16.0. The lowest BCUT2D eigenvalue weighted by Gasteiger charge is -2.20. The van der Waals surface area contributed by atoms with Gasteiger partial charge in [-0.3, -0.25) is 0 Å². The van der Waals surface area contributed by atoms with Crippen LogP contribution >= 0.6 is 0 Å². The van der Waals surface area contributed by atoms with Crippen LogP contribution in [0.1, 0.15) is 12.0 Å². The molecule has 1 fully saturated rings. The lowest BCUT2D eigenvalue weighted by Crippen LogP contribution is -2.34. The van der Waals surface area contributed by atoms with Crippen molar-refractivity contribution in [2.45, 2.75) is 17.4 Å². The van der Waals surface area contributed by atoms with Crippen molar-refractivity contribution in [1.82, 2.24) is 9.21 Å². The van der Waals surface area contributed by atoms with Gasteiger partial charge in [0.25, 0.3) is 0 Å². The van der Waals surface area contributed by atoms with Gasteiger partial charge in [0.1, 0.15) is 0 Å². The summed E-state index contributed by atoms with van der Waals surface area (Å²) < 4.78 is 27.1. The van der Waals surface area contributed by atoms with Gasteiger partial charge in [-0.05, 0) is 32.6 Å². The van der Waals surface area contributed by atoms with Crippen LogP contribution in [0.5, 0.6) is 0 Å². The molecule has 0 spiro atoms. The van der Waals surface area contributed by atoms with E-state index in [-0.39, 0.29) is 17.5 Å². The van der Waals surface area contributed by atoms with Gasteiger partial charge in [-0.2, -0.15) is 4.31 Å². The average Bonchev–Trinajstić information content (AvgIpc) is 2.96. The second-order valence-electron chi connectivity index (χ2n) is 5.27. The van der Waals surface area contributed by atoms with Crippen LogP contribution in [-0.4, -0.2) is 57.4 Å². The lowest BCUT2D eigenvalue weighted by molar-refractivity contribution is 0.302. The van der Waals surface area contributed by atoms with Gasteiger partial charge in [0.15, 0.2) is 0 Å². The molecule has 0 aliphatic carbocycles. The van der Waals surface area contributed by atoms with Crippen molar-refractivity contribution in [3.8, 4) is 11.8 Å². The van der Waals surface area contributed by atoms with E-state index >= 15 is 0 Å². The average molecular weight is 307 g/mol. The van der Waals surface area contributed by atoms with E-state index in [1.807, 2.05) is 14.1 Å². The van der Waals surface area contributed by atoms with E-state index < -0.39 is 10.0 Å². The van der Waals surface area contributed by atoms with Crippen LogP contribution < -0.4 is 5.73 Å². The Morgan fingerprint density at radius 3 is 2.71 bits per heavy atom. The molecule has 6 heteroatoms. The molecule has 21 heavy (non-hydrogen) atoms. The number of benzene rings is 1. The zero-order valence-electron chi connectivity index (χ0n) is 12.4. The Labute approximate surface area is 126 Å². The van der Waals surface area contributed by atoms with Gasteiger partial charge in [0.05, 0.1) is 11.4 Å². The van der Waals surface area contributed by atoms with Crippen LogP contribution in [0.25, 0.3) is 0 Å². The minimum atomic E-state index is -3.50. The van der Waals surface area contributed by atoms with Crippen molar-refractivity contribution < 1.29 is 8.42 Å². The third kappa shape index (κ3) is 3.44. The van der Waals surface area contributed by atoms with E-state index in [1.165, 1.54) is 0 Å². The van der Waals surface area contributed by atoms with Crippen LogP contribution in [0.4, 0.5) is 0 Å². The number of nitrogens with zero attached hydrogens (tertiary/aromatic N) is 2. The fourth-order valence-corrected chi connectivity index (χ4v) is 4.07. The summed E-state index contributed by atoms with van der Waals surface area (Å²) in [5.41, 5.74) is 5.88. The summed E-state index contributed by atoms with van der Waals surface area (Å²) in [7, 11) is 0.444. The molecular weight excluding hydrogens is 286 g/mol. The summed E-state index contributed by atoms with van der Waals surface area (Å²) in [5.74, 6) is 5.57. The summed E-state index contributed by atoms with van der Waals surface area (Å²) in [5, 5.41) is 0. The van der Waals surface area contributed by atoms with Crippen LogP contribution in [0, 0.1) is 11.8 Å². The van der Waals surface area contributed by atoms with Crippen molar-refractivity contribution in [3.05, 3.63) is 29.8 Å². The third-order valence-electron chi connectivity index (χ3n) is 3.69. The van der Waals surface area contributed by atoms with Gasteiger partial charge in [-0.15, -0.1) is 0 Å². The molecule has 0 amide bonds. The molecular formula is C15H21N3O2S. The Morgan fingerprint density at radius 1 is 1.38 bits per heavy atom. The number of sulfonamides is 1. The van der Waals surface area contributed by atoms with E-state index in [0.29, 0.717) is 18.7 Å². The van der Waals surface area contributed by atoms with E-state index in [0.717, 1.165) is 6.42 Å². The first-order chi connectivity index (χ1) is 9.96. The highest BCUT2D eigenvalue weighted by atomic mass is 32.2. The standard InChI is InChI=1S/C15H21N3O2S/c1-17(2)14-9-11-18(12-14)21(19,20)15-8-4-3-6-13(15)7-5-10-16/h3-4,6,8,14H,9-12,16H2,1-2H3. The maximum atomic E-state index is 12.8. The summed E-state index contributed by atoms with van der Waals surface area (Å²) in [4.78, 5) is 2.33. The summed E-state index contributed by atoms with van der Waals surface area (Å²) in [6.07, 6.45) is 0.850. The van der Waals surface area contributed by atoms with Crippen molar-refractivity contribution >= 4 is 10.0 Å². The molecule has 0 saturated carbocycles.